The van der Waals surface area contributed by atoms with Gasteiger partial charge in [0.15, 0.2) is 0 Å². The smallest absolute Gasteiger partial charge is 0.310 e. The molecule has 0 spiro atoms. The lowest BCUT2D eigenvalue weighted by Crippen LogP contribution is -2.44. The molecule has 0 aromatic rings. The van der Waals surface area contributed by atoms with Gasteiger partial charge >= 0.3 is 5.97 Å². The fourth-order valence-electron chi connectivity index (χ4n) is 3.04. The third kappa shape index (κ3) is 2.76. The molecule has 0 radical (unpaired) electrons. The molecule has 0 aromatic heterocycles. The molecule has 2 aliphatic rings. The van der Waals surface area contributed by atoms with Crippen LogP contribution in [0.15, 0.2) is 0 Å². The van der Waals surface area contributed by atoms with E-state index >= 15 is 0 Å². The molecule has 108 valence electrons. The van der Waals surface area contributed by atoms with Gasteiger partial charge in [0.2, 0.25) is 5.91 Å². The highest BCUT2D eigenvalue weighted by atomic mass is 16.5. The van der Waals surface area contributed by atoms with Gasteiger partial charge in [0.05, 0.1) is 25.0 Å². The summed E-state index contributed by atoms with van der Waals surface area (Å²) < 4.78 is 10.3. The largest absolute Gasteiger partial charge is 0.469 e. The van der Waals surface area contributed by atoms with E-state index < -0.39 is 0 Å². The van der Waals surface area contributed by atoms with E-state index in [-0.39, 0.29) is 29.3 Å². The Bertz CT molecular complexity index is 359. The molecule has 2 atom stereocenters. The van der Waals surface area contributed by atoms with Crippen molar-refractivity contribution >= 4 is 11.9 Å². The van der Waals surface area contributed by atoms with Crippen molar-refractivity contribution in [3.8, 4) is 0 Å². The maximum absolute atomic E-state index is 12.3. The van der Waals surface area contributed by atoms with Gasteiger partial charge in [-0.2, -0.15) is 0 Å². The van der Waals surface area contributed by atoms with Gasteiger partial charge in [-0.25, -0.2) is 0 Å². The van der Waals surface area contributed by atoms with Crippen LogP contribution in [0.25, 0.3) is 0 Å². The van der Waals surface area contributed by atoms with Crippen molar-refractivity contribution in [2.45, 2.75) is 38.2 Å². The lowest BCUT2D eigenvalue weighted by molar-refractivity contribution is -0.146. The molecule has 1 saturated heterocycles. The highest BCUT2D eigenvalue weighted by molar-refractivity contribution is 5.80. The Morgan fingerprint density at radius 1 is 1.26 bits per heavy atom. The first-order valence-electron chi connectivity index (χ1n) is 6.92. The summed E-state index contributed by atoms with van der Waals surface area (Å²) in [6.45, 7) is 3.11. The van der Waals surface area contributed by atoms with Gasteiger partial charge < -0.3 is 14.4 Å². The first kappa shape index (κ1) is 14.3. The summed E-state index contributed by atoms with van der Waals surface area (Å²) in [7, 11) is 3.07. The van der Waals surface area contributed by atoms with Gasteiger partial charge in [0.1, 0.15) is 0 Å². The van der Waals surface area contributed by atoms with E-state index in [0.717, 1.165) is 19.3 Å². The maximum atomic E-state index is 12.3. The summed E-state index contributed by atoms with van der Waals surface area (Å²) in [4.78, 5) is 25.7. The minimum Gasteiger partial charge on any atom is -0.469 e. The van der Waals surface area contributed by atoms with Crippen LogP contribution in [0, 0.1) is 11.8 Å². The number of hydrogen-bond donors (Lipinski definition) is 0. The van der Waals surface area contributed by atoms with Gasteiger partial charge in [-0.05, 0) is 25.2 Å². The lowest BCUT2D eigenvalue weighted by Gasteiger charge is -2.40. The van der Waals surface area contributed by atoms with Crippen molar-refractivity contribution in [3.05, 3.63) is 0 Å². The SMILES string of the molecule is COC(=O)C1CN(C(=O)CC2(OC)CCC2)CC1C. The van der Waals surface area contributed by atoms with E-state index in [4.69, 9.17) is 9.47 Å². The zero-order valence-electron chi connectivity index (χ0n) is 12.0. The van der Waals surface area contributed by atoms with Crippen molar-refractivity contribution in [3.63, 3.8) is 0 Å². The second kappa shape index (κ2) is 5.49. The molecule has 1 aliphatic heterocycles. The molecular formula is C14H23NO4. The standard InChI is InChI=1S/C14H23NO4/c1-10-8-15(9-11(10)13(17)18-2)12(16)7-14(19-3)5-4-6-14/h10-11H,4-9H2,1-3H3. The summed E-state index contributed by atoms with van der Waals surface area (Å²) in [5.74, 6) is -0.141. The van der Waals surface area contributed by atoms with Crippen LogP contribution in [-0.2, 0) is 19.1 Å². The number of likely N-dealkylation sites (tertiary alicyclic amines) is 1. The summed E-state index contributed by atoms with van der Waals surface area (Å²) in [6, 6.07) is 0. The number of carbonyl (C=O) groups excluding carboxylic acids is 2. The Hall–Kier alpha value is -1.10. The van der Waals surface area contributed by atoms with Crippen LogP contribution in [-0.4, -0.2) is 49.7 Å². The van der Waals surface area contributed by atoms with Gasteiger partial charge in [-0.3, -0.25) is 9.59 Å². The molecule has 0 N–H and O–H groups in total. The molecular weight excluding hydrogens is 246 g/mol. The number of rotatable bonds is 4. The predicted octanol–water partition coefficient (Wildman–Crippen LogP) is 1.21. The number of methoxy groups -OCH3 is 2. The molecule has 2 fully saturated rings. The zero-order valence-corrected chi connectivity index (χ0v) is 12.0. The molecule has 1 heterocycles. The second-order valence-corrected chi connectivity index (χ2v) is 5.82. The summed E-state index contributed by atoms with van der Waals surface area (Å²) in [5, 5.41) is 0. The monoisotopic (exact) mass is 269 g/mol. The van der Waals surface area contributed by atoms with E-state index in [9.17, 15) is 9.59 Å². The number of esters is 1. The molecule has 1 amide bonds. The predicted molar refractivity (Wildman–Crippen MR) is 69.5 cm³/mol. The summed E-state index contributed by atoms with van der Waals surface area (Å²) >= 11 is 0. The third-order valence-electron chi connectivity index (χ3n) is 4.64. The van der Waals surface area contributed by atoms with Gasteiger partial charge in [-0.1, -0.05) is 6.92 Å². The van der Waals surface area contributed by atoms with Crippen LogP contribution in [0.3, 0.4) is 0 Å². The Morgan fingerprint density at radius 3 is 2.42 bits per heavy atom. The normalized spacial score (nSPS) is 28.9. The maximum Gasteiger partial charge on any atom is 0.310 e. The average molecular weight is 269 g/mol. The first-order chi connectivity index (χ1) is 9.01. The Kier molecular flexibility index (Phi) is 4.13. The van der Waals surface area contributed by atoms with E-state index in [1.807, 2.05) is 6.92 Å². The molecule has 2 unspecified atom stereocenters. The van der Waals surface area contributed by atoms with Crippen molar-refractivity contribution in [1.82, 2.24) is 4.90 Å². The third-order valence-corrected chi connectivity index (χ3v) is 4.64. The lowest BCUT2D eigenvalue weighted by atomic mass is 9.77. The Balaban J connectivity index is 1.92. The van der Waals surface area contributed by atoms with E-state index in [1.54, 1.807) is 12.0 Å². The first-order valence-corrected chi connectivity index (χ1v) is 6.92. The molecule has 1 aliphatic carbocycles. The fourth-order valence-corrected chi connectivity index (χ4v) is 3.04. The number of nitrogens with zero attached hydrogens (tertiary/aromatic N) is 1. The number of hydrogen-bond acceptors (Lipinski definition) is 4. The van der Waals surface area contributed by atoms with Crippen molar-refractivity contribution in [2.24, 2.45) is 11.8 Å². The van der Waals surface area contributed by atoms with Gasteiger partial charge in [-0.15, -0.1) is 0 Å². The highest BCUT2D eigenvalue weighted by Crippen LogP contribution is 2.39. The second-order valence-electron chi connectivity index (χ2n) is 5.82. The van der Waals surface area contributed by atoms with Crippen molar-refractivity contribution in [2.75, 3.05) is 27.3 Å². The van der Waals surface area contributed by atoms with Crippen LogP contribution in [0.5, 0.6) is 0 Å². The highest BCUT2D eigenvalue weighted by Gasteiger charge is 2.43. The van der Waals surface area contributed by atoms with Crippen LogP contribution in [0.2, 0.25) is 0 Å². The van der Waals surface area contributed by atoms with E-state index in [2.05, 4.69) is 0 Å². The Labute approximate surface area is 114 Å². The number of amides is 1. The topological polar surface area (TPSA) is 55.8 Å². The summed E-state index contributed by atoms with van der Waals surface area (Å²) in [6.07, 6.45) is 3.48. The molecule has 19 heavy (non-hydrogen) atoms. The molecule has 0 bridgehead atoms. The van der Waals surface area contributed by atoms with Crippen LogP contribution >= 0.6 is 0 Å². The van der Waals surface area contributed by atoms with Crippen molar-refractivity contribution in [1.29, 1.82) is 0 Å². The average Bonchev–Trinajstić information content (AvgIpc) is 2.75. The summed E-state index contributed by atoms with van der Waals surface area (Å²) in [5.41, 5.74) is -0.246. The fraction of sp³-hybridized carbons (Fsp3) is 0.857. The molecule has 1 saturated carbocycles. The van der Waals surface area contributed by atoms with Crippen molar-refractivity contribution < 1.29 is 19.1 Å². The number of carbonyl (C=O) groups is 2. The molecule has 0 aromatic carbocycles. The van der Waals surface area contributed by atoms with Gasteiger partial charge in [0.25, 0.3) is 0 Å². The van der Waals surface area contributed by atoms with Gasteiger partial charge in [0, 0.05) is 20.2 Å². The minimum atomic E-state index is -0.246. The van der Waals surface area contributed by atoms with E-state index in [0.29, 0.717) is 19.5 Å². The minimum absolute atomic E-state index is 0.0970. The van der Waals surface area contributed by atoms with Crippen LogP contribution in [0.4, 0.5) is 0 Å². The van der Waals surface area contributed by atoms with Crippen LogP contribution < -0.4 is 0 Å². The molecule has 5 heteroatoms. The zero-order chi connectivity index (χ0) is 14.0. The Morgan fingerprint density at radius 2 is 1.95 bits per heavy atom. The molecule has 2 rings (SSSR count). The quantitative estimate of drug-likeness (QED) is 0.720. The van der Waals surface area contributed by atoms with E-state index in [1.165, 1.54) is 7.11 Å². The van der Waals surface area contributed by atoms with Crippen LogP contribution in [0.1, 0.15) is 32.6 Å². The number of ether oxygens (including phenoxy) is 2. The molecule has 5 nitrogen and oxygen atoms in total.